The number of rotatable bonds is 9. The van der Waals surface area contributed by atoms with E-state index in [1.54, 1.807) is 48.9 Å². The number of hydrogen-bond acceptors (Lipinski definition) is 5. The van der Waals surface area contributed by atoms with Gasteiger partial charge in [-0.05, 0) is 50.1 Å². The molecule has 3 rings (SSSR count). The maximum absolute atomic E-state index is 12.5. The monoisotopic (exact) mass is 476 g/mol. The quantitative estimate of drug-likeness (QED) is 0.262. The van der Waals surface area contributed by atoms with Gasteiger partial charge in [0, 0.05) is 30.3 Å². The molecule has 0 radical (unpaired) electrons. The summed E-state index contributed by atoms with van der Waals surface area (Å²) in [5.74, 6) is 0.328. The van der Waals surface area contributed by atoms with Crippen molar-refractivity contribution in [3.63, 3.8) is 0 Å². The molecule has 0 spiro atoms. The molecule has 0 atom stereocenters. The van der Waals surface area contributed by atoms with Crippen molar-refractivity contribution >= 4 is 34.8 Å². The summed E-state index contributed by atoms with van der Waals surface area (Å²) in [5.41, 5.74) is 2.56. The molecule has 0 saturated carbocycles. The molecule has 8 nitrogen and oxygen atoms in total. The highest BCUT2D eigenvalue weighted by atomic mass is 35.5. The van der Waals surface area contributed by atoms with Crippen LogP contribution in [-0.2, 0) is 13.2 Å². The fourth-order valence-corrected chi connectivity index (χ4v) is 3.50. The van der Waals surface area contributed by atoms with E-state index in [0.717, 1.165) is 5.56 Å². The van der Waals surface area contributed by atoms with Crippen LogP contribution in [-0.4, -0.2) is 27.2 Å². The number of nitro benzene ring substituents is 1. The molecule has 0 saturated heterocycles. The molecule has 1 N–H and O–H groups in total. The summed E-state index contributed by atoms with van der Waals surface area (Å²) in [6.45, 7) is 4.66. The third kappa shape index (κ3) is 5.77. The van der Waals surface area contributed by atoms with E-state index in [9.17, 15) is 14.9 Å². The first-order valence-electron chi connectivity index (χ1n) is 9.89. The minimum Gasteiger partial charge on any atom is -0.489 e. The summed E-state index contributed by atoms with van der Waals surface area (Å²) in [5, 5.41) is 18.9. The lowest BCUT2D eigenvalue weighted by atomic mass is 10.1. The smallest absolute Gasteiger partial charge is 0.272 e. The first kappa shape index (κ1) is 23.6. The van der Waals surface area contributed by atoms with E-state index < -0.39 is 4.92 Å². The molecule has 32 heavy (non-hydrogen) atoms. The van der Waals surface area contributed by atoms with Crippen LogP contribution in [0.25, 0.3) is 0 Å². The Labute approximate surface area is 195 Å². The lowest BCUT2D eigenvalue weighted by Gasteiger charge is -2.10. The second-order valence-electron chi connectivity index (χ2n) is 7.22. The van der Waals surface area contributed by atoms with Crippen molar-refractivity contribution in [3.8, 4) is 5.75 Å². The zero-order chi connectivity index (χ0) is 23.3. The van der Waals surface area contributed by atoms with Gasteiger partial charge < -0.3 is 10.1 Å². The van der Waals surface area contributed by atoms with Crippen LogP contribution in [0.4, 0.5) is 5.69 Å². The maximum atomic E-state index is 12.5. The summed E-state index contributed by atoms with van der Waals surface area (Å²) < 4.78 is 7.34. The number of ether oxygens (including phenoxy) is 1. The number of nitrogens with zero attached hydrogens (tertiary/aromatic N) is 3. The fraction of sp³-hybridized carbons (Fsp3) is 0.273. The van der Waals surface area contributed by atoms with Gasteiger partial charge in [0.1, 0.15) is 22.5 Å². The molecule has 0 aliphatic carbocycles. The average molecular weight is 477 g/mol. The van der Waals surface area contributed by atoms with Gasteiger partial charge in [-0.25, -0.2) is 0 Å². The molecular weight excluding hydrogens is 455 g/mol. The minimum atomic E-state index is -0.430. The first-order valence-corrected chi connectivity index (χ1v) is 10.6. The van der Waals surface area contributed by atoms with Gasteiger partial charge in [0.2, 0.25) is 0 Å². The Morgan fingerprint density at radius 2 is 2.00 bits per heavy atom. The molecule has 168 valence electrons. The Morgan fingerprint density at radius 1 is 1.22 bits per heavy atom. The summed E-state index contributed by atoms with van der Waals surface area (Å²) in [7, 11) is 0. The van der Waals surface area contributed by atoms with Crippen LogP contribution in [0.2, 0.25) is 10.2 Å². The summed E-state index contributed by atoms with van der Waals surface area (Å²) in [4.78, 5) is 23.0. The molecular formula is C22H22Cl2N4O4. The third-order valence-electron chi connectivity index (χ3n) is 4.79. The molecule has 0 fully saturated rings. The van der Waals surface area contributed by atoms with Crippen molar-refractivity contribution in [1.82, 2.24) is 15.1 Å². The Hall–Kier alpha value is -3.10. The first-order chi connectivity index (χ1) is 15.3. The molecule has 3 aromatic rings. The molecule has 1 aromatic heterocycles. The van der Waals surface area contributed by atoms with Crippen LogP contribution >= 0.6 is 23.2 Å². The van der Waals surface area contributed by atoms with Gasteiger partial charge in [-0.1, -0.05) is 35.3 Å². The molecule has 1 heterocycles. The van der Waals surface area contributed by atoms with Gasteiger partial charge in [0.25, 0.3) is 11.6 Å². The van der Waals surface area contributed by atoms with Crippen molar-refractivity contribution in [3.05, 3.63) is 85.1 Å². The van der Waals surface area contributed by atoms with Gasteiger partial charge in [-0.2, -0.15) is 5.10 Å². The number of aromatic nitrogens is 2. The second kappa shape index (κ2) is 10.5. The SMILES string of the molecule is Cc1cc(OCc2cccc(C(=O)NCCCn3nc(C)c(Cl)c3Cl)c2)ccc1[N+](=O)[O-]. The highest BCUT2D eigenvalue weighted by Gasteiger charge is 2.12. The van der Waals surface area contributed by atoms with E-state index in [1.807, 2.05) is 6.07 Å². The van der Waals surface area contributed by atoms with Gasteiger partial charge in [-0.15, -0.1) is 0 Å². The van der Waals surface area contributed by atoms with Crippen molar-refractivity contribution < 1.29 is 14.5 Å². The highest BCUT2D eigenvalue weighted by molar-refractivity contribution is 6.41. The standard InChI is InChI=1S/C22H22Cl2N4O4/c1-14-11-18(7-8-19(14)28(30)31)32-13-16-5-3-6-17(12-16)22(29)25-9-4-10-27-21(24)20(23)15(2)26-27/h3,5-8,11-12H,4,9-10,13H2,1-2H3,(H,25,29). The lowest BCUT2D eigenvalue weighted by Crippen LogP contribution is -2.25. The van der Waals surface area contributed by atoms with Crippen molar-refractivity contribution in [2.24, 2.45) is 0 Å². The van der Waals surface area contributed by atoms with Crippen LogP contribution in [0.1, 0.15) is 33.6 Å². The van der Waals surface area contributed by atoms with Crippen LogP contribution < -0.4 is 10.1 Å². The predicted molar refractivity (Wildman–Crippen MR) is 123 cm³/mol. The van der Waals surface area contributed by atoms with E-state index in [0.29, 0.717) is 52.3 Å². The minimum absolute atomic E-state index is 0.0454. The Balaban J connectivity index is 1.51. The maximum Gasteiger partial charge on any atom is 0.272 e. The van der Waals surface area contributed by atoms with Gasteiger partial charge >= 0.3 is 0 Å². The average Bonchev–Trinajstić information content (AvgIpc) is 3.01. The summed E-state index contributed by atoms with van der Waals surface area (Å²) >= 11 is 12.1. The Bertz CT molecular complexity index is 1150. The fourth-order valence-electron chi connectivity index (χ4n) is 3.10. The third-order valence-corrected chi connectivity index (χ3v) is 5.72. The van der Waals surface area contributed by atoms with E-state index in [-0.39, 0.29) is 18.2 Å². The number of halogens is 2. The van der Waals surface area contributed by atoms with Gasteiger partial charge in [-0.3, -0.25) is 19.6 Å². The van der Waals surface area contributed by atoms with Crippen LogP contribution in [0.15, 0.2) is 42.5 Å². The normalized spacial score (nSPS) is 10.8. The largest absolute Gasteiger partial charge is 0.489 e. The van der Waals surface area contributed by atoms with Crippen molar-refractivity contribution in [2.45, 2.75) is 33.4 Å². The van der Waals surface area contributed by atoms with E-state index in [1.165, 1.54) is 6.07 Å². The molecule has 0 aliphatic heterocycles. The van der Waals surface area contributed by atoms with E-state index >= 15 is 0 Å². The molecule has 2 aromatic carbocycles. The van der Waals surface area contributed by atoms with Crippen LogP contribution in [0, 0.1) is 24.0 Å². The number of nitro groups is 1. The van der Waals surface area contributed by atoms with Crippen LogP contribution in [0.5, 0.6) is 5.75 Å². The molecule has 0 bridgehead atoms. The van der Waals surface area contributed by atoms with Crippen molar-refractivity contribution in [2.75, 3.05) is 6.54 Å². The summed E-state index contributed by atoms with van der Waals surface area (Å²) in [6, 6.07) is 11.7. The zero-order valence-corrected chi connectivity index (χ0v) is 19.1. The zero-order valence-electron chi connectivity index (χ0n) is 17.6. The molecule has 0 unspecified atom stereocenters. The predicted octanol–water partition coefficient (Wildman–Crippen LogP) is 5.11. The molecule has 1 amide bonds. The Morgan fingerprint density at radius 3 is 2.66 bits per heavy atom. The molecule has 10 heteroatoms. The lowest BCUT2D eigenvalue weighted by molar-refractivity contribution is -0.385. The number of aryl methyl sites for hydroxylation is 3. The second-order valence-corrected chi connectivity index (χ2v) is 7.95. The number of carbonyl (C=O) groups excluding carboxylic acids is 1. The number of carbonyl (C=O) groups is 1. The summed E-state index contributed by atoms with van der Waals surface area (Å²) in [6.07, 6.45) is 0.644. The number of nitrogens with one attached hydrogen (secondary N) is 1. The number of amides is 1. The number of benzene rings is 2. The van der Waals surface area contributed by atoms with Crippen LogP contribution in [0.3, 0.4) is 0 Å². The topological polar surface area (TPSA) is 99.3 Å². The Kier molecular flexibility index (Phi) is 7.71. The van der Waals surface area contributed by atoms with Gasteiger partial charge in [0.15, 0.2) is 0 Å². The highest BCUT2D eigenvalue weighted by Crippen LogP contribution is 2.25. The van der Waals surface area contributed by atoms with Crippen molar-refractivity contribution in [1.29, 1.82) is 0 Å². The number of hydrogen-bond donors (Lipinski definition) is 1. The van der Waals surface area contributed by atoms with E-state index in [2.05, 4.69) is 10.4 Å². The van der Waals surface area contributed by atoms with E-state index in [4.69, 9.17) is 27.9 Å². The molecule has 0 aliphatic rings. The van der Waals surface area contributed by atoms with Gasteiger partial charge in [0.05, 0.1) is 10.6 Å².